The number of aliphatic hydroxyl groups is 1. The number of hydrogen-bond donors (Lipinski definition) is 1. The maximum Gasteiger partial charge on any atom is 0.0790 e. The summed E-state index contributed by atoms with van der Waals surface area (Å²) in [6.45, 7) is 14.3. The molecule has 1 atom stereocenters. The number of nitrogens with zero attached hydrogens (tertiary/aromatic N) is 1. The van der Waals surface area contributed by atoms with E-state index in [4.69, 9.17) is 0 Å². The maximum absolute atomic E-state index is 10.8. The van der Waals surface area contributed by atoms with Crippen molar-refractivity contribution in [3.05, 3.63) is 70.8 Å². The van der Waals surface area contributed by atoms with Crippen molar-refractivity contribution >= 4 is 0 Å². The van der Waals surface area contributed by atoms with Gasteiger partial charge in [-0.3, -0.25) is 4.90 Å². The Morgan fingerprint density at radius 3 is 2.00 bits per heavy atom. The summed E-state index contributed by atoms with van der Waals surface area (Å²) in [4.78, 5) is 2.56. The monoisotopic (exact) mass is 451 g/mol. The molecule has 2 heteroatoms. The van der Waals surface area contributed by atoms with Gasteiger partial charge in [-0.25, -0.2) is 0 Å². The molecule has 0 aromatic heterocycles. The van der Waals surface area contributed by atoms with Gasteiger partial charge >= 0.3 is 0 Å². The molecule has 0 aliphatic carbocycles. The molecule has 2 nitrogen and oxygen atoms in total. The maximum atomic E-state index is 10.8. The number of aliphatic hydroxyl groups excluding tert-OH is 1. The van der Waals surface area contributed by atoms with Crippen LogP contribution < -0.4 is 0 Å². The Kier molecular flexibility index (Phi) is 12.8. The highest BCUT2D eigenvalue weighted by atomic mass is 16.3. The molecule has 1 unspecified atom stereocenters. The van der Waals surface area contributed by atoms with Crippen LogP contribution in [0.2, 0.25) is 0 Å². The van der Waals surface area contributed by atoms with E-state index in [-0.39, 0.29) is 6.10 Å². The van der Waals surface area contributed by atoms with Gasteiger partial charge in [0.05, 0.1) is 6.10 Å². The number of benzene rings is 2. The minimum absolute atomic E-state index is 0.319. The van der Waals surface area contributed by atoms with E-state index in [9.17, 15) is 5.11 Å². The molecule has 2 aromatic carbocycles. The van der Waals surface area contributed by atoms with E-state index in [0.717, 1.165) is 62.7 Å². The second kappa shape index (κ2) is 15.3. The molecular weight excluding hydrogens is 402 g/mol. The zero-order valence-electron chi connectivity index (χ0n) is 22.0. The highest BCUT2D eigenvalue weighted by molar-refractivity contribution is 5.34. The largest absolute Gasteiger partial charge is 0.388 e. The van der Waals surface area contributed by atoms with Crippen molar-refractivity contribution in [3.63, 3.8) is 0 Å². The Balaban J connectivity index is 0.000000890. The van der Waals surface area contributed by atoms with E-state index in [1.807, 2.05) is 0 Å². The third-order valence-electron chi connectivity index (χ3n) is 6.50. The third kappa shape index (κ3) is 10.4. The summed E-state index contributed by atoms with van der Waals surface area (Å²) in [6, 6.07) is 17.5. The molecule has 0 spiro atoms. The molecule has 0 fully saturated rings. The zero-order chi connectivity index (χ0) is 24.1. The van der Waals surface area contributed by atoms with Crippen LogP contribution in [0.5, 0.6) is 0 Å². The molecule has 1 aliphatic rings. The van der Waals surface area contributed by atoms with E-state index in [0.29, 0.717) is 0 Å². The van der Waals surface area contributed by atoms with Gasteiger partial charge in [-0.15, -0.1) is 0 Å². The Morgan fingerprint density at radius 2 is 1.39 bits per heavy atom. The van der Waals surface area contributed by atoms with Crippen molar-refractivity contribution in [2.24, 2.45) is 11.8 Å². The van der Waals surface area contributed by atoms with Crippen LogP contribution in [0.4, 0.5) is 0 Å². The van der Waals surface area contributed by atoms with Gasteiger partial charge in [0.2, 0.25) is 0 Å². The molecule has 0 bridgehead atoms. The lowest BCUT2D eigenvalue weighted by Crippen LogP contribution is -2.25. The quantitative estimate of drug-likeness (QED) is 0.396. The van der Waals surface area contributed by atoms with Crippen molar-refractivity contribution in [3.8, 4) is 0 Å². The molecule has 0 radical (unpaired) electrons. The van der Waals surface area contributed by atoms with Crippen LogP contribution in [0, 0.1) is 11.8 Å². The fourth-order valence-corrected chi connectivity index (χ4v) is 4.81. The van der Waals surface area contributed by atoms with Crippen LogP contribution in [0.3, 0.4) is 0 Å². The number of fused-ring (bicyclic) bond motifs is 1. The zero-order valence-corrected chi connectivity index (χ0v) is 22.0. The molecule has 2 aromatic rings. The first kappa shape index (κ1) is 27.6. The molecule has 184 valence electrons. The van der Waals surface area contributed by atoms with Crippen LogP contribution in [-0.4, -0.2) is 23.1 Å². The summed E-state index contributed by atoms with van der Waals surface area (Å²) in [5.74, 6) is 1.60. The molecule has 0 amide bonds. The van der Waals surface area contributed by atoms with Crippen LogP contribution in [0.1, 0.15) is 102 Å². The van der Waals surface area contributed by atoms with Gasteiger partial charge in [0.15, 0.2) is 0 Å². The fourth-order valence-electron chi connectivity index (χ4n) is 4.81. The first-order valence-electron chi connectivity index (χ1n) is 13.5. The second-order valence-corrected chi connectivity index (χ2v) is 10.6. The minimum Gasteiger partial charge on any atom is -0.388 e. The van der Waals surface area contributed by atoms with Gasteiger partial charge in [0.1, 0.15) is 0 Å². The average Bonchev–Trinajstić information content (AvgIpc) is 3.00. The molecule has 3 rings (SSSR count). The Hall–Kier alpha value is -1.64. The van der Waals surface area contributed by atoms with Crippen LogP contribution >= 0.6 is 0 Å². The first-order valence-corrected chi connectivity index (χ1v) is 13.5. The van der Waals surface area contributed by atoms with Crippen molar-refractivity contribution in [2.45, 2.75) is 98.6 Å². The van der Waals surface area contributed by atoms with Crippen molar-refractivity contribution in [1.82, 2.24) is 4.90 Å². The normalized spacial score (nSPS) is 15.0. The number of hydrogen-bond acceptors (Lipinski definition) is 2. The molecular formula is C31H49NO. The Bertz CT molecular complexity index is 761. The first-order chi connectivity index (χ1) is 15.9. The van der Waals surface area contributed by atoms with E-state index in [1.165, 1.54) is 42.4 Å². The van der Waals surface area contributed by atoms with Gasteiger partial charge in [0, 0.05) is 19.6 Å². The standard InChI is InChI=1S/C27H39NO.C4H10/c1-3-8-22(9-4-2)12-15-27(29)26-14-13-24-16-18-28(19-17-25(24)20-26)21-23-10-6-5-7-11-23;1-4(2)3/h5-7,10-11,13-14,20,22,27,29H,3-4,8-9,12,15-19,21H2,1-2H3;4H,1-3H3. The fraction of sp³-hybridized carbons (Fsp3) is 0.613. The Labute approximate surface area is 204 Å². The van der Waals surface area contributed by atoms with E-state index < -0.39 is 0 Å². The summed E-state index contributed by atoms with van der Waals surface area (Å²) < 4.78 is 0. The molecule has 0 saturated carbocycles. The Morgan fingerprint density at radius 1 is 0.788 bits per heavy atom. The summed E-state index contributed by atoms with van der Waals surface area (Å²) >= 11 is 0. The SMILES string of the molecule is CC(C)C.CCCC(CCC)CCC(O)c1ccc2c(c1)CCN(Cc1ccccc1)CC2. The highest BCUT2D eigenvalue weighted by Crippen LogP contribution is 2.28. The van der Waals surface area contributed by atoms with E-state index >= 15 is 0 Å². The smallest absolute Gasteiger partial charge is 0.0790 e. The molecule has 1 aliphatic heterocycles. The average molecular weight is 452 g/mol. The lowest BCUT2D eigenvalue weighted by atomic mass is 9.90. The van der Waals surface area contributed by atoms with Crippen LogP contribution in [-0.2, 0) is 19.4 Å². The van der Waals surface area contributed by atoms with Crippen molar-refractivity contribution < 1.29 is 5.11 Å². The molecule has 1 N–H and O–H groups in total. The summed E-state index contributed by atoms with van der Waals surface area (Å²) in [5, 5.41) is 10.8. The van der Waals surface area contributed by atoms with Gasteiger partial charge in [0.25, 0.3) is 0 Å². The van der Waals surface area contributed by atoms with Gasteiger partial charge in [-0.2, -0.15) is 0 Å². The van der Waals surface area contributed by atoms with Gasteiger partial charge < -0.3 is 5.11 Å². The topological polar surface area (TPSA) is 23.5 Å². The van der Waals surface area contributed by atoms with Gasteiger partial charge in [-0.1, -0.05) is 109 Å². The highest BCUT2D eigenvalue weighted by Gasteiger charge is 2.17. The van der Waals surface area contributed by atoms with E-state index in [2.05, 4.69) is 88.0 Å². The van der Waals surface area contributed by atoms with Crippen LogP contribution in [0.15, 0.2) is 48.5 Å². The minimum atomic E-state index is -0.319. The van der Waals surface area contributed by atoms with Crippen molar-refractivity contribution in [2.75, 3.05) is 13.1 Å². The van der Waals surface area contributed by atoms with Crippen LogP contribution in [0.25, 0.3) is 0 Å². The van der Waals surface area contributed by atoms with Gasteiger partial charge in [-0.05, 0) is 59.8 Å². The second-order valence-electron chi connectivity index (χ2n) is 10.6. The molecule has 1 heterocycles. The number of rotatable bonds is 10. The molecule has 0 saturated heterocycles. The lowest BCUT2D eigenvalue weighted by molar-refractivity contribution is 0.154. The lowest BCUT2D eigenvalue weighted by Gasteiger charge is -2.19. The predicted octanol–water partition coefficient (Wildman–Crippen LogP) is 7.98. The third-order valence-corrected chi connectivity index (χ3v) is 6.50. The summed E-state index contributed by atoms with van der Waals surface area (Å²) in [5.41, 5.74) is 5.41. The summed E-state index contributed by atoms with van der Waals surface area (Å²) in [7, 11) is 0. The predicted molar refractivity (Wildman–Crippen MR) is 144 cm³/mol. The molecule has 33 heavy (non-hydrogen) atoms. The van der Waals surface area contributed by atoms with Crippen molar-refractivity contribution in [1.29, 1.82) is 0 Å². The van der Waals surface area contributed by atoms with E-state index in [1.54, 1.807) is 0 Å². The summed E-state index contributed by atoms with van der Waals surface area (Å²) in [6.07, 6.45) is 8.99.